The van der Waals surface area contributed by atoms with Gasteiger partial charge in [0.2, 0.25) is 0 Å². The molecule has 0 aliphatic heterocycles. The van der Waals surface area contributed by atoms with Gasteiger partial charge in [0.25, 0.3) is 11.5 Å². The van der Waals surface area contributed by atoms with Crippen LogP contribution >= 0.6 is 0 Å². The zero-order valence-electron chi connectivity index (χ0n) is 15.4. The number of aromatic amines is 1. The molecule has 0 aliphatic carbocycles. The summed E-state index contributed by atoms with van der Waals surface area (Å²) in [6.45, 7) is 2.28. The van der Waals surface area contributed by atoms with Crippen LogP contribution < -0.4 is 11.2 Å². The van der Waals surface area contributed by atoms with Crippen LogP contribution in [0.5, 0.6) is 0 Å². The van der Waals surface area contributed by atoms with Gasteiger partial charge in [-0.15, -0.1) is 0 Å². The van der Waals surface area contributed by atoms with Crippen molar-refractivity contribution in [1.82, 2.24) is 14.5 Å². The van der Waals surface area contributed by atoms with Crippen LogP contribution in [0.15, 0.2) is 70.4 Å². The van der Waals surface area contributed by atoms with Crippen LogP contribution in [0.1, 0.15) is 28.4 Å². The van der Waals surface area contributed by atoms with E-state index in [2.05, 4.69) is 4.98 Å². The molecule has 3 aromatic rings. The number of nitrogens with zero attached hydrogens (tertiary/aromatic N) is 2. The first-order chi connectivity index (χ1) is 13.5. The summed E-state index contributed by atoms with van der Waals surface area (Å²) in [5, 5.41) is 0. The summed E-state index contributed by atoms with van der Waals surface area (Å²) >= 11 is 0. The molecule has 1 amide bonds. The Labute approximate surface area is 160 Å². The molecule has 28 heavy (non-hydrogen) atoms. The Morgan fingerprint density at radius 2 is 1.75 bits per heavy atom. The fourth-order valence-corrected chi connectivity index (χ4v) is 2.91. The summed E-state index contributed by atoms with van der Waals surface area (Å²) in [5.41, 5.74) is -0.488. The number of hydrogen-bond acceptors (Lipinski definition) is 3. The Bertz CT molecular complexity index is 1090. The van der Waals surface area contributed by atoms with Gasteiger partial charge in [0.05, 0.1) is 6.54 Å². The molecule has 144 valence electrons. The van der Waals surface area contributed by atoms with Crippen LogP contribution in [-0.4, -0.2) is 26.9 Å². The summed E-state index contributed by atoms with van der Waals surface area (Å²) in [6, 6.07) is 15.3. The van der Waals surface area contributed by atoms with E-state index in [1.165, 1.54) is 23.1 Å². The largest absolute Gasteiger partial charge is 0.334 e. The average Bonchev–Trinajstić information content (AvgIpc) is 2.71. The fourth-order valence-electron chi connectivity index (χ4n) is 2.91. The van der Waals surface area contributed by atoms with Crippen molar-refractivity contribution in [3.05, 3.63) is 104 Å². The molecule has 0 atom stereocenters. The number of carbonyl (C=O) groups excluding carboxylic acids is 1. The second kappa shape index (κ2) is 8.47. The molecule has 7 heteroatoms. The number of nitrogens with one attached hydrogen (secondary N) is 1. The smallest absolute Gasteiger partial charge is 0.328 e. The molecular formula is C21H20FN3O3. The van der Waals surface area contributed by atoms with Crippen LogP contribution in [0.25, 0.3) is 0 Å². The Hall–Kier alpha value is -3.48. The van der Waals surface area contributed by atoms with Gasteiger partial charge in [-0.2, -0.15) is 0 Å². The van der Waals surface area contributed by atoms with Gasteiger partial charge in [-0.1, -0.05) is 48.5 Å². The molecule has 1 N–H and O–H groups in total. The van der Waals surface area contributed by atoms with E-state index in [1.54, 1.807) is 6.07 Å². The van der Waals surface area contributed by atoms with E-state index in [0.717, 1.165) is 16.3 Å². The summed E-state index contributed by atoms with van der Waals surface area (Å²) in [6.07, 6.45) is 1.12. The van der Waals surface area contributed by atoms with E-state index < -0.39 is 23.0 Å². The molecule has 0 saturated heterocycles. The van der Waals surface area contributed by atoms with Crippen molar-refractivity contribution < 1.29 is 9.18 Å². The monoisotopic (exact) mass is 381 g/mol. The van der Waals surface area contributed by atoms with Crippen LogP contribution in [0.2, 0.25) is 0 Å². The van der Waals surface area contributed by atoms with Crippen LogP contribution in [-0.2, 0) is 13.1 Å². The molecule has 0 aliphatic rings. The highest BCUT2D eigenvalue weighted by Gasteiger charge is 2.20. The third-order valence-electron chi connectivity index (χ3n) is 4.46. The van der Waals surface area contributed by atoms with E-state index in [0.29, 0.717) is 13.1 Å². The van der Waals surface area contributed by atoms with E-state index in [1.807, 2.05) is 37.3 Å². The first-order valence-electron chi connectivity index (χ1n) is 8.90. The number of hydrogen-bond donors (Lipinski definition) is 1. The Morgan fingerprint density at radius 1 is 1.07 bits per heavy atom. The maximum atomic E-state index is 13.9. The van der Waals surface area contributed by atoms with Crippen LogP contribution in [0.3, 0.4) is 0 Å². The van der Waals surface area contributed by atoms with Crippen molar-refractivity contribution in [3.63, 3.8) is 0 Å². The molecule has 0 saturated carbocycles. The maximum Gasteiger partial charge on any atom is 0.328 e. The van der Waals surface area contributed by atoms with Crippen molar-refractivity contribution in [2.75, 3.05) is 6.54 Å². The van der Waals surface area contributed by atoms with Crippen molar-refractivity contribution in [2.45, 2.75) is 20.0 Å². The van der Waals surface area contributed by atoms with Crippen LogP contribution in [0, 0.1) is 5.82 Å². The number of halogens is 1. The van der Waals surface area contributed by atoms with E-state index in [9.17, 15) is 18.8 Å². The first-order valence-corrected chi connectivity index (χ1v) is 8.90. The highest BCUT2D eigenvalue weighted by atomic mass is 19.1. The summed E-state index contributed by atoms with van der Waals surface area (Å²) < 4.78 is 14.8. The SMILES string of the molecule is CCN(Cc1ccccc1)C(=O)c1c[nH]c(=O)n(Cc2ccccc2F)c1=O. The summed E-state index contributed by atoms with van der Waals surface area (Å²) in [7, 11) is 0. The minimum absolute atomic E-state index is 0.159. The molecule has 1 heterocycles. The van der Waals surface area contributed by atoms with Crippen molar-refractivity contribution in [2.24, 2.45) is 0 Å². The molecule has 0 bridgehead atoms. The number of rotatable bonds is 6. The second-order valence-corrected chi connectivity index (χ2v) is 6.30. The lowest BCUT2D eigenvalue weighted by molar-refractivity contribution is 0.0749. The van der Waals surface area contributed by atoms with Gasteiger partial charge in [-0.3, -0.25) is 14.2 Å². The zero-order valence-corrected chi connectivity index (χ0v) is 15.4. The number of carbonyl (C=O) groups is 1. The van der Waals surface area contributed by atoms with Crippen molar-refractivity contribution >= 4 is 5.91 Å². The second-order valence-electron chi connectivity index (χ2n) is 6.30. The highest BCUT2D eigenvalue weighted by molar-refractivity contribution is 5.93. The minimum atomic E-state index is -0.747. The fraction of sp³-hybridized carbons (Fsp3) is 0.190. The topological polar surface area (TPSA) is 75.2 Å². The Balaban J connectivity index is 1.93. The van der Waals surface area contributed by atoms with E-state index >= 15 is 0 Å². The van der Waals surface area contributed by atoms with E-state index in [-0.39, 0.29) is 17.7 Å². The summed E-state index contributed by atoms with van der Waals surface area (Å²) in [4.78, 5) is 41.7. The zero-order chi connectivity index (χ0) is 20.1. The van der Waals surface area contributed by atoms with Gasteiger partial charge in [0, 0.05) is 24.8 Å². The normalized spacial score (nSPS) is 10.6. The number of aromatic nitrogens is 2. The number of benzene rings is 2. The van der Waals surface area contributed by atoms with Gasteiger partial charge < -0.3 is 9.88 Å². The van der Waals surface area contributed by atoms with Gasteiger partial charge in [-0.25, -0.2) is 9.18 Å². The maximum absolute atomic E-state index is 13.9. The van der Waals surface area contributed by atoms with E-state index in [4.69, 9.17) is 0 Å². The Kier molecular flexibility index (Phi) is 5.84. The lowest BCUT2D eigenvalue weighted by Gasteiger charge is -2.21. The van der Waals surface area contributed by atoms with Gasteiger partial charge in [0.1, 0.15) is 11.4 Å². The van der Waals surface area contributed by atoms with Gasteiger partial charge in [-0.05, 0) is 18.6 Å². The predicted molar refractivity (Wildman–Crippen MR) is 104 cm³/mol. The third-order valence-corrected chi connectivity index (χ3v) is 4.46. The number of amides is 1. The molecule has 0 radical (unpaired) electrons. The van der Waals surface area contributed by atoms with Crippen molar-refractivity contribution in [3.8, 4) is 0 Å². The van der Waals surface area contributed by atoms with Crippen LogP contribution in [0.4, 0.5) is 4.39 Å². The molecule has 6 nitrogen and oxygen atoms in total. The predicted octanol–water partition coefficient (Wildman–Crippen LogP) is 2.39. The molecule has 3 rings (SSSR count). The minimum Gasteiger partial charge on any atom is -0.334 e. The molecule has 0 fully saturated rings. The quantitative estimate of drug-likeness (QED) is 0.712. The molecule has 0 spiro atoms. The lowest BCUT2D eigenvalue weighted by Crippen LogP contribution is -2.42. The Morgan fingerprint density at radius 3 is 2.43 bits per heavy atom. The highest BCUT2D eigenvalue weighted by Crippen LogP contribution is 2.09. The standard InChI is InChI=1S/C21H20FN3O3/c1-2-24(13-15-8-4-3-5-9-15)19(26)17-12-23-21(28)25(20(17)27)14-16-10-6-7-11-18(16)22/h3-12H,2,13-14H2,1H3,(H,23,28). The molecular weight excluding hydrogens is 361 g/mol. The third kappa shape index (κ3) is 4.09. The van der Waals surface area contributed by atoms with Crippen molar-refractivity contribution in [1.29, 1.82) is 0 Å². The number of H-pyrrole nitrogens is 1. The van der Waals surface area contributed by atoms with Gasteiger partial charge >= 0.3 is 5.69 Å². The molecule has 2 aromatic carbocycles. The molecule has 0 unspecified atom stereocenters. The molecule has 1 aromatic heterocycles. The summed E-state index contributed by atoms with van der Waals surface area (Å²) in [5.74, 6) is -1.01. The first kappa shape index (κ1) is 19.3. The lowest BCUT2D eigenvalue weighted by atomic mass is 10.2. The average molecular weight is 381 g/mol. The van der Waals surface area contributed by atoms with Gasteiger partial charge in [0.15, 0.2) is 0 Å².